The van der Waals surface area contributed by atoms with Crippen LogP contribution in [0.25, 0.3) is 0 Å². The number of nitrogens with zero attached hydrogens (tertiary/aromatic N) is 1. The van der Waals surface area contributed by atoms with Crippen LogP contribution >= 0.6 is 0 Å². The van der Waals surface area contributed by atoms with Gasteiger partial charge < -0.3 is 9.47 Å². The molecule has 4 heteroatoms. The van der Waals surface area contributed by atoms with E-state index in [4.69, 9.17) is 9.47 Å². The lowest BCUT2D eigenvalue weighted by atomic mass is 9.83. The molecule has 3 nitrogen and oxygen atoms in total. The Kier molecular flexibility index (Phi) is 5.00. The molecule has 0 saturated carbocycles. The van der Waals surface area contributed by atoms with Gasteiger partial charge in [-0.25, -0.2) is 4.39 Å². The average molecular weight is 299 g/mol. The van der Waals surface area contributed by atoms with Crippen molar-refractivity contribution in [1.29, 1.82) is 5.26 Å². The molecule has 0 aliphatic rings. The molecule has 0 fully saturated rings. The highest BCUT2D eigenvalue weighted by atomic mass is 19.1. The van der Waals surface area contributed by atoms with Gasteiger partial charge >= 0.3 is 0 Å². The Morgan fingerprint density at radius 1 is 1.00 bits per heavy atom. The highest BCUT2D eigenvalue weighted by Gasteiger charge is 2.22. The molecule has 0 spiro atoms. The SMILES string of the molecule is COc1ccc(C(C)C(C#N)c2ccc(OC)c(F)c2)cc1. The van der Waals surface area contributed by atoms with Gasteiger partial charge in [-0.3, -0.25) is 0 Å². The number of ether oxygens (including phenoxy) is 2. The number of hydrogen-bond acceptors (Lipinski definition) is 3. The van der Waals surface area contributed by atoms with Crippen LogP contribution in [0.5, 0.6) is 11.5 Å². The van der Waals surface area contributed by atoms with Crippen LogP contribution < -0.4 is 9.47 Å². The first-order valence-corrected chi connectivity index (χ1v) is 6.97. The van der Waals surface area contributed by atoms with Gasteiger partial charge in [0.2, 0.25) is 0 Å². The van der Waals surface area contributed by atoms with Gasteiger partial charge in [-0.15, -0.1) is 0 Å². The summed E-state index contributed by atoms with van der Waals surface area (Å²) in [5.74, 6) is -0.0165. The van der Waals surface area contributed by atoms with Crippen molar-refractivity contribution in [1.82, 2.24) is 0 Å². The van der Waals surface area contributed by atoms with Crippen molar-refractivity contribution in [2.24, 2.45) is 0 Å². The van der Waals surface area contributed by atoms with Crippen LogP contribution in [0.2, 0.25) is 0 Å². The summed E-state index contributed by atoms with van der Waals surface area (Å²) in [7, 11) is 3.02. The molecule has 0 heterocycles. The van der Waals surface area contributed by atoms with Crippen molar-refractivity contribution in [2.75, 3.05) is 14.2 Å². The summed E-state index contributed by atoms with van der Waals surface area (Å²) in [5.41, 5.74) is 1.65. The van der Waals surface area contributed by atoms with E-state index in [1.165, 1.54) is 13.2 Å². The van der Waals surface area contributed by atoms with Crippen LogP contribution in [0.4, 0.5) is 4.39 Å². The number of methoxy groups -OCH3 is 2. The maximum atomic E-state index is 13.9. The molecule has 0 amide bonds. The predicted octanol–water partition coefficient (Wildman–Crippen LogP) is 4.25. The fourth-order valence-corrected chi connectivity index (χ4v) is 2.45. The van der Waals surface area contributed by atoms with E-state index in [0.717, 1.165) is 11.3 Å². The van der Waals surface area contributed by atoms with Gasteiger partial charge in [0, 0.05) is 5.92 Å². The van der Waals surface area contributed by atoms with Gasteiger partial charge in [-0.1, -0.05) is 25.1 Å². The van der Waals surface area contributed by atoms with E-state index in [-0.39, 0.29) is 11.7 Å². The van der Waals surface area contributed by atoms with Gasteiger partial charge in [0.1, 0.15) is 5.75 Å². The Bertz CT molecular complexity index is 676. The van der Waals surface area contributed by atoms with Crippen molar-refractivity contribution < 1.29 is 13.9 Å². The number of nitriles is 1. The normalized spacial score (nSPS) is 13.0. The fourth-order valence-electron chi connectivity index (χ4n) is 2.45. The molecule has 0 aliphatic carbocycles. The molecule has 0 aliphatic heterocycles. The Morgan fingerprint density at radius 3 is 2.14 bits per heavy atom. The Hall–Kier alpha value is -2.54. The van der Waals surface area contributed by atoms with Crippen molar-refractivity contribution in [3.63, 3.8) is 0 Å². The van der Waals surface area contributed by atoms with Crippen LogP contribution in [-0.2, 0) is 0 Å². The minimum atomic E-state index is -0.456. The van der Waals surface area contributed by atoms with E-state index < -0.39 is 11.7 Å². The first kappa shape index (κ1) is 15.8. The van der Waals surface area contributed by atoms with E-state index >= 15 is 0 Å². The summed E-state index contributed by atoms with van der Waals surface area (Å²) in [5, 5.41) is 9.50. The smallest absolute Gasteiger partial charge is 0.165 e. The first-order chi connectivity index (χ1) is 10.6. The van der Waals surface area contributed by atoms with E-state index in [0.29, 0.717) is 5.56 Å². The van der Waals surface area contributed by atoms with E-state index in [2.05, 4.69) is 6.07 Å². The number of rotatable bonds is 5. The molecule has 2 aromatic rings. The minimum Gasteiger partial charge on any atom is -0.497 e. The minimum absolute atomic E-state index is 0.0660. The molecule has 0 aromatic heterocycles. The molecule has 2 atom stereocenters. The molecular weight excluding hydrogens is 281 g/mol. The zero-order valence-corrected chi connectivity index (χ0v) is 12.8. The third-order valence-corrected chi connectivity index (χ3v) is 3.82. The predicted molar refractivity (Wildman–Crippen MR) is 82.7 cm³/mol. The maximum Gasteiger partial charge on any atom is 0.165 e. The molecule has 22 heavy (non-hydrogen) atoms. The average Bonchev–Trinajstić information content (AvgIpc) is 2.55. The summed E-state index contributed by atoms with van der Waals surface area (Å²) < 4.78 is 23.9. The molecule has 0 radical (unpaired) electrons. The summed E-state index contributed by atoms with van der Waals surface area (Å²) in [6.45, 7) is 1.96. The van der Waals surface area contributed by atoms with Crippen LogP contribution in [-0.4, -0.2) is 14.2 Å². The summed E-state index contributed by atoms with van der Waals surface area (Å²) in [6.07, 6.45) is 0. The third kappa shape index (κ3) is 3.20. The Labute approximate surface area is 129 Å². The standard InChI is InChI=1S/C18H18FNO2/c1-12(13-4-7-15(21-2)8-5-13)16(11-20)14-6-9-18(22-3)17(19)10-14/h4-10,12,16H,1-3H3. The Balaban J connectivity index is 2.30. The zero-order valence-electron chi connectivity index (χ0n) is 12.8. The molecule has 114 valence electrons. The lowest BCUT2D eigenvalue weighted by molar-refractivity contribution is 0.386. The van der Waals surface area contributed by atoms with Crippen LogP contribution in [0.15, 0.2) is 42.5 Å². The van der Waals surface area contributed by atoms with Crippen molar-refractivity contribution in [2.45, 2.75) is 18.8 Å². The van der Waals surface area contributed by atoms with Crippen LogP contribution in [0, 0.1) is 17.1 Å². The topological polar surface area (TPSA) is 42.2 Å². The first-order valence-electron chi connectivity index (χ1n) is 6.97. The van der Waals surface area contributed by atoms with E-state index in [1.807, 2.05) is 31.2 Å². The lowest BCUT2D eigenvalue weighted by Crippen LogP contribution is -2.07. The summed E-state index contributed by atoms with van der Waals surface area (Å²) in [4.78, 5) is 0. The van der Waals surface area contributed by atoms with Gasteiger partial charge in [0.15, 0.2) is 11.6 Å². The second kappa shape index (κ2) is 6.95. The number of halogens is 1. The molecule has 0 saturated heterocycles. The molecule has 0 bridgehead atoms. The zero-order chi connectivity index (χ0) is 16.1. The molecule has 2 aromatic carbocycles. The van der Waals surface area contributed by atoms with Gasteiger partial charge in [-0.2, -0.15) is 5.26 Å². The van der Waals surface area contributed by atoms with Gasteiger partial charge in [0.25, 0.3) is 0 Å². The fraction of sp³-hybridized carbons (Fsp3) is 0.278. The van der Waals surface area contributed by atoms with Crippen LogP contribution in [0.1, 0.15) is 29.9 Å². The molecule has 2 rings (SSSR count). The number of benzene rings is 2. The van der Waals surface area contributed by atoms with Crippen molar-refractivity contribution in [3.05, 3.63) is 59.4 Å². The lowest BCUT2D eigenvalue weighted by Gasteiger charge is -2.19. The highest BCUT2D eigenvalue weighted by molar-refractivity contribution is 5.38. The van der Waals surface area contributed by atoms with Gasteiger partial charge in [-0.05, 0) is 35.4 Å². The molecule has 2 unspecified atom stereocenters. The highest BCUT2D eigenvalue weighted by Crippen LogP contribution is 2.34. The van der Waals surface area contributed by atoms with Gasteiger partial charge in [0.05, 0.1) is 26.2 Å². The largest absolute Gasteiger partial charge is 0.497 e. The van der Waals surface area contributed by atoms with Crippen LogP contribution in [0.3, 0.4) is 0 Å². The maximum absolute atomic E-state index is 13.9. The van der Waals surface area contributed by atoms with E-state index in [1.54, 1.807) is 19.2 Å². The van der Waals surface area contributed by atoms with Crippen molar-refractivity contribution in [3.8, 4) is 17.6 Å². The third-order valence-electron chi connectivity index (χ3n) is 3.82. The molecule has 0 N–H and O–H groups in total. The second-order valence-corrected chi connectivity index (χ2v) is 5.06. The summed E-state index contributed by atoms with van der Waals surface area (Å²) in [6, 6.07) is 14.5. The quantitative estimate of drug-likeness (QED) is 0.828. The van der Waals surface area contributed by atoms with E-state index in [9.17, 15) is 9.65 Å². The second-order valence-electron chi connectivity index (χ2n) is 5.06. The molecular formula is C18H18FNO2. The monoisotopic (exact) mass is 299 g/mol. The Morgan fingerprint density at radius 2 is 1.64 bits per heavy atom. The summed E-state index contributed by atoms with van der Waals surface area (Å²) >= 11 is 0. The number of hydrogen-bond donors (Lipinski definition) is 0. The van der Waals surface area contributed by atoms with Crippen molar-refractivity contribution >= 4 is 0 Å².